The summed E-state index contributed by atoms with van der Waals surface area (Å²) in [4.78, 5) is 0. The maximum Gasteiger partial charge on any atom is 0.242 e. The van der Waals surface area contributed by atoms with Gasteiger partial charge in [0.1, 0.15) is 12.4 Å². The first-order chi connectivity index (χ1) is 11.7. The number of aromatic nitrogens is 2. The lowest BCUT2D eigenvalue weighted by molar-refractivity contribution is 0.287. The van der Waals surface area contributed by atoms with Crippen molar-refractivity contribution < 1.29 is 9.47 Å². The van der Waals surface area contributed by atoms with Gasteiger partial charge in [-0.1, -0.05) is 30.3 Å². The summed E-state index contributed by atoms with van der Waals surface area (Å²) in [5.41, 5.74) is 3.05. The predicted molar refractivity (Wildman–Crippen MR) is 94.2 cm³/mol. The first kappa shape index (κ1) is 16.1. The molecule has 1 radical (unpaired) electrons. The number of hydrogen-bond donors (Lipinski definition) is 0. The fourth-order valence-electron chi connectivity index (χ4n) is 2.45. The lowest BCUT2D eigenvalue weighted by Gasteiger charge is -2.10. The summed E-state index contributed by atoms with van der Waals surface area (Å²) < 4.78 is 13.0. The molecule has 0 fully saturated rings. The van der Waals surface area contributed by atoms with E-state index in [9.17, 15) is 0 Å². The van der Waals surface area contributed by atoms with E-state index >= 15 is 0 Å². The van der Waals surface area contributed by atoms with Gasteiger partial charge in [-0.15, -0.1) is 5.10 Å². The molecule has 3 rings (SSSR count). The summed E-state index contributed by atoms with van der Waals surface area (Å²) in [7, 11) is 1.66. The molecule has 1 heterocycles. The maximum absolute atomic E-state index is 5.82. The summed E-state index contributed by atoms with van der Waals surface area (Å²) in [5.74, 6) is 1.34. The van der Waals surface area contributed by atoms with Crippen LogP contribution in [0.1, 0.15) is 25.5 Å². The highest BCUT2D eigenvalue weighted by atomic mass is 16.5. The molecule has 3 aromatic rings. The van der Waals surface area contributed by atoms with E-state index < -0.39 is 0 Å². The Kier molecular flexibility index (Phi) is 4.85. The van der Waals surface area contributed by atoms with E-state index in [1.165, 1.54) is 0 Å². The molecule has 0 amide bonds. The summed E-state index contributed by atoms with van der Waals surface area (Å²) in [6.45, 7) is 4.66. The summed E-state index contributed by atoms with van der Waals surface area (Å²) in [5, 5.41) is 4.55. The number of methoxy groups -OCH3 is 1. The van der Waals surface area contributed by atoms with Crippen molar-refractivity contribution in [2.75, 3.05) is 7.11 Å². The summed E-state index contributed by atoms with van der Waals surface area (Å²) in [6, 6.07) is 21.4. The normalized spacial score (nSPS) is 10.8. The van der Waals surface area contributed by atoms with Gasteiger partial charge >= 0.3 is 0 Å². The van der Waals surface area contributed by atoms with Crippen LogP contribution in [-0.4, -0.2) is 16.9 Å². The second kappa shape index (κ2) is 7.21. The van der Waals surface area contributed by atoms with Crippen LogP contribution in [0.2, 0.25) is 0 Å². The summed E-state index contributed by atoms with van der Waals surface area (Å²) >= 11 is 0. The van der Waals surface area contributed by atoms with Crippen LogP contribution in [0.3, 0.4) is 0 Å². The largest absolute Gasteiger partial charge is 0.497 e. The topological polar surface area (TPSA) is 36.3 Å². The molecule has 0 N–H and O–H groups in total. The molecule has 4 nitrogen and oxygen atoms in total. The second-order valence-corrected chi connectivity index (χ2v) is 5.82. The van der Waals surface area contributed by atoms with E-state index in [4.69, 9.17) is 9.47 Å². The Balaban J connectivity index is 1.84. The monoisotopic (exact) mass is 321 g/mol. The van der Waals surface area contributed by atoms with Crippen LogP contribution in [0.5, 0.6) is 11.6 Å². The van der Waals surface area contributed by atoms with Crippen LogP contribution in [-0.2, 0) is 6.61 Å². The molecule has 0 saturated carbocycles. The average molecular weight is 321 g/mol. The van der Waals surface area contributed by atoms with Crippen LogP contribution >= 0.6 is 0 Å². The van der Waals surface area contributed by atoms with Crippen molar-refractivity contribution in [2.24, 2.45) is 0 Å². The Bertz CT molecular complexity index is 777. The molecular formula is C20H21N2O2. The minimum atomic E-state index is 0.215. The van der Waals surface area contributed by atoms with Crippen molar-refractivity contribution >= 4 is 0 Å². The molecule has 0 aliphatic carbocycles. The molecule has 0 unspecified atom stereocenters. The SMILES string of the molecule is COc1ccc(-c2[c]c(OCc3ccccc3)nn2C(C)C)cc1. The van der Waals surface area contributed by atoms with Crippen molar-refractivity contribution in [3.05, 3.63) is 66.2 Å². The van der Waals surface area contributed by atoms with Gasteiger partial charge in [0.2, 0.25) is 5.88 Å². The minimum Gasteiger partial charge on any atom is -0.497 e. The van der Waals surface area contributed by atoms with E-state index in [1.807, 2.05) is 59.3 Å². The van der Waals surface area contributed by atoms with Gasteiger partial charge in [-0.25, -0.2) is 0 Å². The molecule has 0 spiro atoms. The van der Waals surface area contributed by atoms with Crippen molar-refractivity contribution in [1.29, 1.82) is 0 Å². The van der Waals surface area contributed by atoms with Gasteiger partial charge in [0.15, 0.2) is 0 Å². The van der Waals surface area contributed by atoms with Crippen LogP contribution in [0.15, 0.2) is 54.6 Å². The number of benzene rings is 2. The number of hydrogen-bond acceptors (Lipinski definition) is 3. The Labute approximate surface area is 142 Å². The molecule has 1 aromatic heterocycles. The zero-order valence-electron chi connectivity index (χ0n) is 14.2. The quantitative estimate of drug-likeness (QED) is 0.670. The number of ether oxygens (including phenoxy) is 2. The van der Waals surface area contributed by atoms with Gasteiger partial charge in [-0.3, -0.25) is 4.68 Å². The van der Waals surface area contributed by atoms with E-state index in [0.717, 1.165) is 22.6 Å². The van der Waals surface area contributed by atoms with Crippen LogP contribution < -0.4 is 9.47 Å². The van der Waals surface area contributed by atoms with E-state index in [-0.39, 0.29) is 6.04 Å². The fraction of sp³-hybridized carbons (Fsp3) is 0.250. The third kappa shape index (κ3) is 3.59. The highest BCUT2D eigenvalue weighted by Crippen LogP contribution is 2.28. The standard InChI is InChI=1S/C20H21N2O2/c1-15(2)22-19(17-9-11-18(23-3)12-10-17)13-20(21-22)24-14-16-7-5-4-6-8-16/h4-12,15H,14H2,1-3H3. The molecule has 0 aliphatic heterocycles. The molecule has 0 aliphatic rings. The molecule has 2 aromatic carbocycles. The molecule has 24 heavy (non-hydrogen) atoms. The zero-order valence-corrected chi connectivity index (χ0v) is 14.2. The van der Waals surface area contributed by atoms with Crippen molar-refractivity contribution in [1.82, 2.24) is 9.78 Å². The minimum absolute atomic E-state index is 0.215. The maximum atomic E-state index is 5.82. The number of nitrogens with zero attached hydrogens (tertiary/aromatic N) is 2. The van der Waals surface area contributed by atoms with Gasteiger partial charge in [0.05, 0.1) is 18.9 Å². The molecule has 4 heteroatoms. The molecule has 123 valence electrons. The molecular weight excluding hydrogens is 300 g/mol. The molecule has 0 bridgehead atoms. The number of rotatable bonds is 6. The third-order valence-electron chi connectivity index (χ3n) is 3.72. The third-order valence-corrected chi connectivity index (χ3v) is 3.72. The Morgan fingerprint density at radius 2 is 1.75 bits per heavy atom. The zero-order chi connectivity index (χ0) is 16.9. The second-order valence-electron chi connectivity index (χ2n) is 5.82. The first-order valence-electron chi connectivity index (χ1n) is 8.00. The predicted octanol–water partition coefficient (Wildman–Crippen LogP) is 4.52. The van der Waals surface area contributed by atoms with Gasteiger partial charge < -0.3 is 9.47 Å². The Morgan fingerprint density at radius 3 is 2.38 bits per heavy atom. The van der Waals surface area contributed by atoms with Crippen molar-refractivity contribution in [3.63, 3.8) is 0 Å². The van der Waals surface area contributed by atoms with Gasteiger partial charge in [-0.05, 0) is 43.7 Å². The van der Waals surface area contributed by atoms with Gasteiger partial charge in [0, 0.05) is 11.6 Å². The highest BCUT2D eigenvalue weighted by Gasteiger charge is 2.14. The Hall–Kier alpha value is -2.75. The highest BCUT2D eigenvalue weighted by molar-refractivity contribution is 5.61. The van der Waals surface area contributed by atoms with Crippen LogP contribution in [0.4, 0.5) is 0 Å². The van der Waals surface area contributed by atoms with E-state index in [0.29, 0.717) is 12.5 Å². The van der Waals surface area contributed by atoms with Crippen molar-refractivity contribution in [3.8, 4) is 22.9 Å². The van der Waals surface area contributed by atoms with E-state index in [2.05, 4.69) is 25.0 Å². The fourth-order valence-corrected chi connectivity index (χ4v) is 2.45. The smallest absolute Gasteiger partial charge is 0.242 e. The molecule has 0 atom stereocenters. The lowest BCUT2D eigenvalue weighted by atomic mass is 10.1. The van der Waals surface area contributed by atoms with Crippen LogP contribution in [0, 0.1) is 6.07 Å². The van der Waals surface area contributed by atoms with Crippen LogP contribution in [0.25, 0.3) is 11.3 Å². The van der Waals surface area contributed by atoms with Crippen molar-refractivity contribution in [2.45, 2.75) is 26.5 Å². The Morgan fingerprint density at radius 1 is 1.04 bits per heavy atom. The van der Waals surface area contributed by atoms with E-state index in [1.54, 1.807) is 7.11 Å². The lowest BCUT2D eigenvalue weighted by Crippen LogP contribution is -2.05. The summed E-state index contributed by atoms with van der Waals surface area (Å²) in [6.07, 6.45) is 0. The first-order valence-corrected chi connectivity index (χ1v) is 8.00. The average Bonchev–Trinajstić information content (AvgIpc) is 3.05. The van der Waals surface area contributed by atoms with Gasteiger partial charge in [-0.2, -0.15) is 0 Å². The van der Waals surface area contributed by atoms with Gasteiger partial charge in [0.25, 0.3) is 0 Å². The molecule has 0 saturated heterocycles.